The molecule has 0 saturated carbocycles. The predicted molar refractivity (Wildman–Crippen MR) is 87.8 cm³/mol. The van der Waals surface area contributed by atoms with Gasteiger partial charge in [-0.15, -0.1) is 0 Å². The van der Waals surface area contributed by atoms with Crippen molar-refractivity contribution in [3.8, 4) is 0 Å². The molecule has 1 rings (SSSR count). The maximum absolute atomic E-state index is 4.50. The Morgan fingerprint density at radius 2 is 0.895 bits per heavy atom. The molecule has 1 aromatic rings. The van der Waals surface area contributed by atoms with Gasteiger partial charge in [0.1, 0.15) is 0 Å². The molecule has 0 radical (unpaired) electrons. The predicted octanol–water partition coefficient (Wildman–Crippen LogP) is 4.67. The summed E-state index contributed by atoms with van der Waals surface area (Å²) in [6.45, 7) is 4.35. The summed E-state index contributed by atoms with van der Waals surface area (Å²) in [5.41, 5.74) is 4.50. The van der Waals surface area contributed by atoms with E-state index in [2.05, 4.69) is 26.2 Å². The number of hydrogen-bond acceptors (Lipinski definition) is 5. The Bertz CT molecular complexity index is 198. The van der Waals surface area contributed by atoms with E-state index in [0.29, 0.717) is 6.67 Å². The Hall–Kier alpha value is -1.62. The number of nitrogens with zero attached hydrogens (tertiary/aromatic N) is 4. The SMILES string of the molecule is C.C.CC.CN.CN=NCN=NC.c1ccccc1. The molecule has 0 heterocycles. The lowest BCUT2D eigenvalue weighted by atomic mass is 10.4. The molecule has 0 spiro atoms. The normalized spacial score (nSPS) is 7.47. The van der Waals surface area contributed by atoms with Crippen molar-refractivity contribution >= 4 is 0 Å². The van der Waals surface area contributed by atoms with Crippen LogP contribution in [0.3, 0.4) is 0 Å². The molecule has 0 aliphatic rings. The zero-order chi connectivity index (χ0) is 13.8. The molecule has 5 heteroatoms. The van der Waals surface area contributed by atoms with Gasteiger partial charge in [0, 0.05) is 14.1 Å². The number of rotatable bonds is 2. The van der Waals surface area contributed by atoms with Crippen molar-refractivity contribution in [1.29, 1.82) is 0 Å². The highest BCUT2D eigenvalue weighted by atomic mass is 15.2. The lowest BCUT2D eigenvalue weighted by Gasteiger charge is -1.73. The minimum absolute atomic E-state index is 0. The van der Waals surface area contributed by atoms with E-state index in [9.17, 15) is 0 Å². The third kappa shape index (κ3) is 48.2. The molecule has 5 nitrogen and oxygen atoms in total. The Labute approximate surface area is 120 Å². The standard InChI is InChI=1S/C6H6.C3H8N4.C2H6.CH5N.2CH4/c1-2-4-6-5-3-1;1-4-6-3-7-5-2;2*1-2;;/h1-6H;3H2,1-2H3;1-2H3;2H2,1H3;2*1H4. The molecule has 1 aromatic carbocycles. The zero-order valence-corrected chi connectivity index (χ0v) is 11.5. The van der Waals surface area contributed by atoms with Gasteiger partial charge in [-0.3, -0.25) is 0 Å². The van der Waals surface area contributed by atoms with E-state index in [-0.39, 0.29) is 14.9 Å². The van der Waals surface area contributed by atoms with Crippen LogP contribution < -0.4 is 5.73 Å². The van der Waals surface area contributed by atoms with E-state index >= 15 is 0 Å². The first-order chi connectivity index (χ1) is 8.41. The maximum atomic E-state index is 4.50. The fourth-order valence-electron chi connectivity index (χ4n) is 0.540. The van der Waals surface area contributed by atoms with Crippen molar-refractivity contribution in [1.82, 2.24) is 0 Å². The minimum Gasteiger partial charge on any atom is -0.333 e. The average molecular weight is 271 g/mol. The molecule has 0 atom stereocenters. The average Bonchev–Trinajstić information content (AvgIpc) is 2.46. The quantitative estimate of drug-likeness (QED) is 0.780. The summed E-state index contributed by atoms with van der Waals surface area (Å²) in [7, 11) is 4.70. The number of nitrogens with two attached hydrogens (primary N) is 1. The fraction of sp³-hybridized carbons (Fsp3) is 0.571. The monoisotopic (exact) mass is 271 g/mol. The second-order valence-electron chi connectivity index (χ2n) is 1.98. The van der Waals surface area contributed by atoms with Crippen molar-refractivity contribution in [2.75, 3.05) is 27.8 Å². The van der Waals surface area contributed by atoms with E-state index in [0.717, 1.165) is 0 Å². The minimum atomic E-state index is 0. The molecule has 0 saturated heterocycles. The van der Waals surface area contributed by atoms with E-state index in [4.69, 9.17) is 0 Å². The van der Waals surface area contributed by atoms with Gasteiger partial charge in [-0.1, -0.05) is 65.1 Å². The van der Waals surface area contributed by atoms with Crippen LogP contribution in [-0.2, 0) is 0 Å². The Balaban J connectivity index is -0.0000000504. The van der Waals surface area contributed by atoms with E-state index in [1.807, 2.05) is 50.2 Å². The van der Waals surface area contributed by atoms with Crippen molar-refractivity contribution in [2.45, 2.75) is 28.7 Å². The third-order valence-corrected chi connectivity index (χ3v) is 1.08. The van der Waals surface area contributed by atoms with Crippen LogP contribution in [0.1, 0.15) is 28.7 Å². The zero-order valence-electron chi connectivity index (χ0n) is 11.5. The molecule has 0 aliphatic carbocycles. The summed E-state index contributed by atoms with van der Waals surface area (Å²) in [6.07, 6.45) is 0. The van der Waals surface area contributed by atoms with Gasteiger partial charge >= 0.3 is 0 Å². The molecule has 0 bridgehead atoms. The Morgan fingerprint density at radius 1 is 0.684 bits per heavy atom. The Morgan fingerprint density at radius 3 is 1.05 bits per heavy atom. The van der Waals surface area contributed by atoms with Gasteiger partial charge in [-0.25, -0.2) is 0 Å². The largest absolute Gasteiger partial charge is 0.333 e. The molecule has 2 N–H and O–H groups in total. The number of azo groups is 2. The Kier molecular flexibility index (Phi) is 70.5. The number of benzene rings is 1. The van der Waals surface area contributed by atoms with Crippen LogP contribution in [0, 0.1) is 0 Å². The topological polar surface area (TPSA) is 75.5 Å². The lowest BCUT2D eigenvalue weighted by Crippen LogP contribution is -1.69. The van der Waals surface area contributed by atoms with Crippen LogP contribution in [0.5, 0.6) is 0 Å². The van der Waals surface area contributed by atoms with Crippen molar-refractivity contribution in [3.05, 3.63) is 36.4 Å². The van der Waals surface area contributed by atoms with E-state index < -0.39 is 0 Å². The highest BCUT2D eigenvalue weighted by Crippen LogP contribution is 1.79. The second-order valence-corrected chi connectivity index (χ2v) is 1.98. The van der Waals surface area contributed by atoms with Crippen LogP contribution in [0.15, 0.2) is 56.9 Å². The summed E-state index contributed by atoms with van der Waals surface area (Å²) in [5, 5.41) is 13.9. The lowest BCUT2D eigenvalue weighted by molar-refractivity contribution is 0.875. The molecule has 19 heavy (non-hydrogen) atoms. The van der Waals surface area contributed by atoms with Crippen LogP contribution in [0.4, 0.5) is 0 Å². The smallest absolute Gasteiger partial charge is 0.170 e. The maximum Gasteiger partial charge on any atom is 0.170 e. The van der Waals surface area contributed by atoms with Crippen LogP contribution in [-0.4, -0.2) is 27.8 Å². The van der Waals surface area contributed by atoms with Gasteiger partial charge in [0.15, 0.2) is 6.67 Å². The molecule has 0 unspecified atom stereocenters. The summed E-state index contributed by atoms with van der Waals surface area (Å²) in [4.78, 5) is 0. The summed E-state index contributed by atoms with van der Waals surface area (Å²) >= 11 is 0. The van der Waals surface area contributed by atoms with Gasteiger partial charge in [-0.2, -0.15) is 20.5 Å². The first kappa shape index (κ1) is 30.4. The van der Waals surface area contributed by atoms with Crippen molar-refractivity contribution in [2.24, 2.45) is 26.2 Å². The highest BCUT2D eigenvalue weighted by Gasteiger charge is 1.63. The summed E-state index contributed by atoms with van der Waals surface area (Å²) in [6, 6.07) is 12.0. The van der Waals surface area contributed by atoms with E-state index in [1.54, 1.807) is 14.1 Å². The van der Waals surface area contributed by atoms with Gasteiger partial charge in [-0.05, 0) is 7.05 Å². The van der Waals surface area contributed by atoms with E-state index in [1.165, 1.54) is 7.05 Å². The third-order valence-electron chi connectivity index (χ3n) is 1.08. The molecule has 0 amide bonds. The molecule has 114 valence electrons. The van der Waals surface area contributed by atoms with Crippen LogP contribution >= 0.6 is 0 Å². The molecular weight excluding hydrogens is 238 g/mol. The van der Waals surface area contributed by atoms with Gasteiger partial charge < -0.3 is 5.73 Å². The van der Waals surface area contributed by atoms with Crippen LogP contribution in [0.2, 0.25) is 0 Å². The van der Waals surface area contributed by atoms with Gasteiger partial charge in [0.05, 0.1) is 0 Å². The summed E-state index contributed by atoms with van der Waals surface area (Å²) in [5.74, 6) is 0. The second kappa shape index (κ2) is 44.0. The molecule has 0 aromatic heterocycles. The fourth-order valence-corrected chi connectivity index (χ4v) is 0.540. The highest BCUT2D eigenvalue weighted by molar-refractivity contribution is 4.99. The molecule has 0 aliphatic heterocycles. The van der Waals surface area contributed by atoms with Crippen LogP contribution in [0.25, 0.3) is 0 Å². The molecule has 0 fully saturated rings. The number of hydrogen-bond donors (Lipinski definition) is 1. The van der Waals surface area contributed by atoms with Crippen molar-refractivity contribution in [3.63, 3.8) is 0 Å². The first-order valence-corrected chi connectivity index (χ1v) is 5.50. The molecular formula is C14H33N5. The van der Waals surface area contributed by atoms with Gasteiger partial charge in [0.2, 0.25) is 0 Å². The van der Waals surface area contributed by atoms with Gasteiger partial charge in [0.25, 0.3) is 0 Å². The first-order valence-electron chi connectivity index (χ1n) is 5.50. The summed E-state index contributed by atoms with van der Waals surface area (Å²) < 4.78 is 0. The van der Waals surface area contributed by atoms with Crippen molar-refractivity contribution < 1.29 is 0 Å².